The van der Waals surface area contributed by atoms with E-state index in [-0.39, 0.29) is 24.3 Å². The second-order valence-corrected chi connectivity index (χ2v) is 10.8. The van der Waals surface area contributed by atoms with Crippen LogP contribution in [-0.4, -0.2) is 120 Å². The number of rotatable bonds is 8. The fourth-order valence-corrected chi connectivity index (χ4v) is 5.77. The van der Waals surface area contributed by atoms with Gasteiger partial charge in [0.1, 0.15) is 36.2 Å². The summed E-state index contributed by atoms with van der Waals surface area (Å²) in [7, 11) is 2.68. The van der Waals surface area contributed by atoms with Crippen LogP contribution in [0.15, 0.2) is 48.7 Å². The van der Waals surface area contributed by atoms with E-state index in [9.17, 15) is 45.2 Å². The summed E-state index contributed by atoms with van der Waals surface area (Å²) in [5.74, 6) is -1.49. The molecule has 5 rings (SSSR count). The van der Waals surface area contributed by atoms with Crippen LogP contribution in [0.5, 0.6) is 5.75 Å². The van der Waals surface area contributed by atoms with Crippen molar-refractivity contribution in [2.45, 2.75) is 55.3 Å². The number of carbonyl (C=O) groups excluding carboxylic acids is 2. The number of ether oxygens (including phenoxy) is 2. The number of phenols is 1. The van der Waals surface area contributed by atoms with Gasteiger partial charge in [-0.15, -0.1) is 0 Å². The van der Waals surface area contributed by atoms with Crippen molar-refractivity contribution in [3.63, 3.8) is 0 Å². The van der Waals surface area contributed by atoms with Gasteiger partial charge in [0.2, 0.25) is 11.6 Å². The number of aromatic hydroxyl groups is 1. The number of aromatic amines is 1. The Hall–Kier alpha value is -4.12. The number of nitrogens with zero attached hydrogens (tertiary/aromatic N) is 3. The Kier molecular flexibility index (Phi) is 8.13. The standard InChI is InChI=1S/C28H32N4O11/c1-30-19(10-15-12-29-17-7-4-8-18(21(15)17)32(40)41)25(38)31(2)28(27(30)39,11-14-5-3-6-16(34)9-14)43-26-24(37)23(36)22(35)20(13-33)42-26/h3-9,12,19-20,22-24,26,29,33-37H,10-11,13H2,1-2H3/t19-,20+,22+,23-,24+,26-,28+/m0/s1. The largest absolute Gasteiger partial charge is 0.508 e. The lowest BCUT2D eigenvalue weighted by Gasteiger charge is -2.52. The molecule has 0 radical (unpaired) electrons. The predicted molar refractivity (Wildman–Crippen MR) is 147 cm³/mol. The van der Waals surface area contributed by atoms with Gasteiger partial charge in [-0.2, -0.15) is 0 Å². The minimum absolute atomic E-state index is 0.0848. The molecule has 2 fully saturated rings. The second-order valence-electron chi connectivity index (χ2n) is 10.8. The van der Waals surface area contributed by atoms with Gasteiger partial charge in [-0.25, -0.2) is 0 Å². The maximum atomic E-state index is 14.3. The first-order valence-electron chi connectivity index (χ1n) is 13.4. The Morgan fingerprint density at radius 2 is 1.81 bits per heavy atom. The van der Waals surface area contributed by atoms with E-state index in [1.54, 1.807) is 18.3 Å². The quantitative estimate of drug-likeness (QED) is 0.141. The van der Waals surface area contributed by atoms with Crippen molar-refractivity contribution in [2.75, 3.05) is 20.7 Å². The Morgan fingerprint density at radius 1 is 1.09 bits per heavy atom. The molecule has 7 atom stereocenters. The minimum Gasteiger partial charge on any atom is -0.508 e. The molecule has 230 valence electrons. The van der Waals surface area contributed by atoms with Crippen LogP contribution in [-0.2, 0) is 31.9 Å². The molecule has 0 saturated carbocycles. The number of amides is 2. The zero-order chi connectivity index (χ0) is 31.2. The third-order valence-corrected chi connectivity index (χ3v) is 8.17. The molecule has 2 aromatic carbocycles. The summed E-state index contributed by atoms with van der Waals surface area (Å²) < 4.78 is 11.6. The van der Waals surface area contributed by atoms with E-state index in [1.807, 2.05) is 0 Å². The highest BCUT2D eigenvalue weighted by molar-refractivity contribution is 6.00. The number of aromatic nitrogens is 1. The number of aliphatic hydroxyl groups excluding tert-OH is 4. The molecule has 15 nitrogen and oxygen atoms in total. The first-order chi connectivity index (χ1) is 20.4. The minimum atomic E-state index is -2.18. The fraction of sp³-hybridized carbons (Fsp3) is 0.429. The maximum absolute atomic E-state index is 14.3. The summed E-state index contributed by atoms with van der Waals surface area (Å²) >= 11 is 0. The molecule has 0 spiro atoms. The summed E-state index contributed by atoms with van der Waals surface area (Å²) in [6, 6.07) is 9.30. The van der Waals surface area contributed by atoms with Gasteiger partial charge in [-0.05, 0) is 29.3 Å². The monoisotopic (exact) mass is 600 g/mol. The number of likely N-dealkylation sites (N-methyl/N-ethyl adjacent to an activating group) is 2. The van der Waals surface area contributed by atoms with Crippen molar-refractivity contribution < 1.29 is 49.5 Å². The van der Waals surface area contributed by atoms with Gasteiger partial charge in [-0.1, -0.05) is 18.2 Å². The number of benzene rings is 2. The zero-order valence-corrected chi connectivity index (χ0v) is 23.2. The molecule has 6 N–H and O–H groups in total. The van der Waals surface area contributed by atoms with Gasteiger partial charge < -0.3 is 49.8 Å². The molecule has 3 aromatic rings. The molecule has 2 aliphatic heterocycles. The first kappa shape index (κ1) is 30.3. The van der Waals surface area contributed by atoms with E-state index >= 15 is 0 Å². The van der Waals surface area contributed by atoms with Crippen molar-refractivity contribution in [3.8, 4) is 5.75 Å². The number of H-pyrrole nitrogens is 1. The van der Waals surface area contributed by atoms with Crippen LogP contribution in [0.3, 0.4) is 0 Å². The highest BCUT2D eigenvalue weighted by atomic mass is 16.7. The van der Waals surface area contributed by atoms with E-state index in [0.29, 0.717) is 22.0 Å². The van der Waals surface area contributed by atoms with Gasteiger partial charge in [0.25, 0.3) is 11.6 Å². The molecule has 2 amide bonds. The third-order valence-electron chi connectivity index (χ3n) is 8.17. The Balaban J connectivity index is 1.53. The van der Waals surface area contributed by atoms with Crippen molar-refractivity contribution in [3.05, 3.63) is 69.9 Å². The second kappa shape index (κ2) is 11.5. The van der Waals surface area contributed by atoms with Crippen LogP contribution in [0.25, 0.3) is 10.9 Å². The summed E-state index contributed by atoms with van der Waals surface area (Å²) in [5.41, 5.74) is -1.06. The maximum Gasteiger partial charge on any atom is 0.279 e. The van der Waals surface area contributed by atoms with Gasteiger partial charge in [-0.3, -0.25) is 19.7 Å². The number of phenolic OH excluding ortho intramolecular Hbond substituents is 1. The number of hydrogen-bond acceptors (Lipinski definition) is 11. The topological polar surface area (TPSA) is 219 Å². The van der Waals surface area contributed by atoms with Gasteiger partial charge in [0.15, 0.2) is 6.29 Å². The van der Waals surface area contributed by atoms with Crippen molar-refractivity contribution in [1.82, 2.24) is 14.8 Å². The van der Waals surface area contributed by atoms with Crippen LogP contribution in [0.2, 0.25) is 0 Å². The smallest absolute Gasteiger partial charge is 0.279 e. The highest BCUT2D eigenvalue weighted by Crippen LogP contribution is 2.37. The predicted octanol–water partition coefficient (Wildman–Crippen LogP) is -0.621. The van der Waals surface area contributed by atoms with E-state index in [1.165, 1.54) is 44.4 Å². The van der Waals surface area contributed by atoms with Gasteiger partial charge in [0.05, 0.1) is 22.4 Å². The Morgan fingerprint density at radius 3 is 2.49 bits per heavy atom. The van der Waals surface area contributed by atoms with Crippen molar-refractivity contribution in [2.24, 2.45) is 0 Å². The average molecular weight is 601 g/mol. The number of piperazine rings is 1. The molecule has 15 heteroatoms. The number of nitro groups is 1. The molecular formula is C28H32N4O11. The zero-order valence-electron chi connectivity index (χ0n) is 23.2. The van der Waals surface area contributed by atoms with Crippen LogP contribution < -0.4 is 0 Å². The number of nitrogens with one attached hydrogen (secondary N) is 1. The molecule has 0 bridgehead atoms. The number of non-ortho nitro benzene ring substituents is 1. The number of nitro benzene ring substituents is 1. The van der Waals surface area contributed by atoms with Crippen LogP contribution in [0.4, 0.5) is 5.69 Å². The van der Waals surface area contributed by atoms with E-state index in [4.69, 9.17) is 9.47 Å². The number of fused-ring (bicyclic) bond motifs is 1. The van der Waals surface area contributed by atoms with Gasteiger partial charge in [0, 0.05) is 39.2 Å². The Bertz CT molecular complexity index is 1540. The molecule has 3 heterocycles. The lowest BCUT2D eigenvalue weighted by atomic mass is 9.91. The molecular weight excluding hydrogens is 568 g/mol. The summed E-state index contributed by atoms with van der Waals surface area (Å²) in [4.78, 5) is 44.6. The lowest BCUT2D eigenvalue weighted by molar-refractivity contribution is -0.383. The van der Waals surface area contributed by atoms with Crippen molar-refractivity contribution >= 4 is 28.4 Å². The van der Waals surface area contributed by atoms with Crippen molar-refractivity contribution in [1.29, 1.82) is 0 Å². The SMILES string of the molecule is CN1C(=O)[C@@](Cc2cccc(O)c2)(O[C@@H]2O[C@H](CO)[C@@H](O)[C@H](O)[C@H]2O)N(C)C(=O)[C@@H]1Cc1c[nH]c2cccc([N+](=O)[O-])c12. The number of hydrogen-bond donors (Lipinski definition) is 6. The summed E-state index contributed by atoms with van der Waals surface area (Å²) in [6.07, 6.45) is -7.34. The average Bonchev–Trinajstić information content (AvgIpc) is 3.40. The third kappa shape index (κ3) is 5.20. The van der Waals surface area contributed by atoms with Gasteiger partial charge >= 0.3 is 0 Å². The Labute approximate surface area is 244 Å². The molecule has 2 saturated heterocycles. The molecule has 1 aromatic heterocycles. The molecule has 0 aliphatic carbocycles. The van der Waals surface area contributed by atoms with E-state index in [0.717, 1.165) is 9.80 Å². The van der Waals surface area contributed by atoms with Crippen LogP contribution in [0.1, 0.15) is 11.1 Å². The van der Waals surface area contributed by atoms with E-state index < -0.39 is 65.8 Å². The highest BCUT2D eigenvalue weighted by Gasteiger charge is 2.58. The summed E-state index contributed by atoms with van der Waals surface area (Å²) in [5, 5.41) is 63.0. The fourth-order valence-electron chi connectivity index (χ4n) is 5.77. The normalized spacial score (nSPS) is 29.8. The number of carbonyl (C=O) groups is 2. The molecule has 43 heavy (non-hydrogen) atoms. The first-order valence-corrected chi connectivity index (χ1v) is 13.4. The van der Waals surface area contributed by atoms with E-state index in [2.05, 4.69) is 4.98 Å². The summed E-state index contributed by atoms with van der Waals surface area (Å²) in [6.45, 7) is -0.744. The number of aliphatic hydroxyl groups is 4. The van der Waals surface area contributed by atoms with Crippen LogP contribution >= 0.6 is 0 Å². The molecule has 2 aliphatic rings. The molecule has 0 unspecified atom stereocenters. The van der Waals surface area contributed by atoms with Crippen LogP contribution in [0, 0.1) is 10.1 Å². The lowest BCUT2D eigenvalue weighted by Crippen LogP contribution is -2.74.